The largest absolute Gasteiger partial charge is 0.323 e. The summed E-state index contributed by atoms with van der Waals surface area (Å²) in [5.74, 6) is -0.679. The number of carbonyl (C=O) groups is 2. The van der Waals surface area contributed by atoms with E-state index in [1.807, 2.05) is 78.9 Å². The summed E-state index contributed by atoms with van der Waals surface area (Å²) in [6.07, 6.45) is 2.11. The summed E-state index contributed by atoms with van der Waals surface area (Å²) in [7, 11) is 1.70. The summed E-state index contributed by atoms with van der Waals surface area (Å²) in [4.78, 5) is 31.9. The van der Waals surface area contributed by atoms with E-state index in [-0.39, 0.29) is 11.8 Å². The zero-order valence-electron chi connectivity index (χ0n) is 16.8. The molecule has 0 saturated carbocycles. The second-order valence-corrected chi connectivity index (χ2v) is 8.30. The highest BCUT2D eigenvalue weighted by Gasteiger charge is 2.30. The van der Waals surface area contributed by atoms with Gasteiger partial charge in [-0.25, -0.2) is 4.99 Å². The standard InChI is InChI=1S/C25H20IN3O2/c1-29-21-10-6-5-9-20(21)23(18-7-3-2-4-8-18)28-24(25(29)31)27-22(30)16-13-17-11-14-19(26)15-12-17/h2-16,24H,1H3,(H,27,30)/b16-13+/t24-/m1/s1. The molecule has 1 aliphatic heterocycles. The predicted octanol–water partition coefficient (Wildman–Crippen LogP) is 4.26. The lowest BCUT2D eigenvalue weighted by Gasteiger charge is -2.20. The first-order valence-electron chi connectivity index (χ1n) is 9.77. The van der Waals surface area contributed by atoms with Gasteiger partial charge in [0.05, 0.1) is 11.4 Å². The molecule has 6 heteroatoms. The summed E-state index contributed by atoms with van der Waals surface area (Å²) < 4.78 is 1.12. The fourth-order valence-corrected chi connectivity index (χ4v) is 3.73. The average Bonchev–Trinajstić information content (AvgIpc) is 2.90. The molecule has 1 aliphatic rings. The van der Waals surface area contributed by atoms with Gasteiger partial charge in [-0.2, -0.15) is 0 Å². The second kappa shape index (κ2) is 9.26. The average molecular weight is 521 g/mol. The van der Waals surface area contributed by atoms with Crippen LogP contribution < -0.4 is 10.2 Å². The number of para-hydroxylation sites is 1. The van der Waals surface area contributed by atoms with Crippen LogP contribution in [0.3, 0.4) is 0 Å². The van der Waals surface area contributed by atoms with Gasteiger partial charge in [0.1, 0.15) is 0 Å². The Labute approximate surface area is 194 Å². The Hall–Kier alpha value is -3.26. The smallest absolute Gasteiger partial charge is 0.272 e. The van der Waals surface area contributed by atoms with Crippen LogP contribution in [-0.4, -0.2) is 30.7 Å². The minimum Gasteiger partial charge on any atom is -0.323 e. The lowest BCUT2D eigenvalue weighted by atomic mass is 10.0. The Morgan fingerprint density at radius 1 is 1.00 bits per heavy atom. The second-order valence-electron chi connectivity index (χ2n) is 7.05. The van der Waals surface area contributed by atoms with Crippen molar-refractivity contribution in [1.29, 1.82) is 0 Å². The molecule has 0 unspecified atom stereocenters. The predicted molar refractivity (Wildman–Crippen MR) is 132 cm³/mol. The maximum Gasteiger partial charge on any atom is 0.272 e. The van der Waals surface area contributed by atoms with Gasteiger partial charge in [0, 0.05) is 27.8 Å². The number of benzodiazepines with no additional fused rings is 1. The third-order valence-electron chi connectivity index (χ3n) is 4.97. The molecule has 0 aromatic heterocycles. The van der Waals surface area contributed by atoms with Crippen LogP contribution in [0, 0.1) is 3.57 Å². The van der Waals surface area contributed by atoms with Crippen molar-refractivity contribution in [2.24, 2.45) is 4.99 Å². The van der Waals surface area contributed by atoms with Crippen LogP contribution >= 0.6 is 22.6 Å². The van der Waals surface area contributed by atoms with E-state index < -0.39 is 6.17 Å². The number of hydrogen-bond acceptors (Lipinski definition) is 3. The fraction of sp³-hybridized carbons (Fsp3) is 0.0800. The first kappa shape index (κ1) is 21.0. The van der Waals surface area contributed by atoms with Crippen molar-refractivity contribution < 1.29 is 9.59 Å². The first-order valence-corrected chi connectivity index (χ1v) is 10.8. The number of aliphatic imine (C=N–C) groups is 1. The Morgan fingerprint density at radius 2 is 1.68 bits per heavy atom. The fourth-order valence-electron chi connectivity index (χ4n) is 3.37. The molecule has 3 aromatic carbocycles. The molecule has 1 atom stereocenters. The van der Waals surface area contributed by atoms with Crippen LogP contribution in [0.2, 0.25) is 0 Å². The number of nitrogens with zero attached hydrogens (tertiary/aromatic N) is 2. The number of hydrogen-bond donors (Lipinski definition) is 1. The van der Waals surface area contributed by atoms with E-state index in [1.165, 1.54) is 6.08 Å². The Balaban J connectivity index is 1.66. The quantitative estimate of drug-likeness (QED) is 0.412. The van der Waals surface area contributed by atoms with Crippen molar-refractivity contribution in [3.05, 3.63) is 105 Å². The van der Waals surface area contributed by atoms with Crippen molar-refractivity contribution in [2.75, 3.05) is 11.9 Å². The molecule has 0 fully saturated rings. The van der Waals surface area contributed by atoms with Gasteiger partial charge < -0.3 is 10.2 Å². The van der Waals surface area contributed by atoms with Gasteiger partial charge in [0.15, 0.2) is 0 Å². The molecular weight excluding hydrogens is 501 g/mol. The number of carbonyl (C=O) groups excluding carboxylic acids is 2. The maximum absolute atomic E-state index is 13.1. The van der Waals surface area contributed by atoms with Gasteiger partial charge in [-0.1, -0.05) is 60.7 Å². The molecule has 0 aliphatic carbocycles. The minimum atomic E-state index is -1.03. The van der Waals surface area contributed by atoms with Crippen LogP contribution in [0.5, 0.6) is 0 Å². The van der Waals surface area contributed by atoms with E-state index in [0.29, 0.717) is 5.71 Å². The highest BCUT2D eigenvalue weighted by atomic mass is 127. The summed E-state index contributed by atoms with van der Waals surface area (Å²) >= 11 is 2.23. The normalized spacial score (nSPS) is 15.9. The van der Waals surface area contributed by atoms with Crippen LogP contribution in [-0.2, 0) is 9.59 Å². The summed E-state index contributed by atoms with van der Waals surface area (Å²) in [6.45, 7) is 0. The lowest BCUT2D eigenvalue weighted by molar-refractivity contribution is -0.124. The molecular formula is C25H20IN3O2. The third-order valence-corrected chi connectivity index (χ3v) is 5.69. The zero-order chi connectivity index (χ0) is 21.8. The molecule has 154 valence electrons. The third kappa shape index (κ3) is 4.74. The monoisotopic (exact) mass is 521 g/mol. The van der Waals surface area contributed by atoms with Crippen molar-refractivity contribution >= 4 is 51.9 Å². The molecule has 3 aromatic rings. The Kier molecular flexibility index (Phi) is 6.27. The van der Waals surface area contributed by atoms with Crippen LogP contribution in [0.4, 0.5) is 5.69 Å². The minimum absolute atomic E-state index is 0.297. The van der Waals surface area contributed by atoms with Crippen molar-refractivity contribution in [1.82, 2.24) is 5.32 Å². The number of nitrogens with one attached hydrogen (secondary N) is 1. The zero-order valence-corrected chi connectivity index (χ0v) is 19.0. The molecule has 0 radical (unpaired) electrons. The van der Waals surface area contributed by atoms with Gasteiger partial charge in [-0.3, -0.25) is 9.59 Å². The van der Waals surface area contributed by atoms with Crippen molar-refractivity contribution in [3.63, 3.8) is 0 Å². The Morgan fingerprint density at radius 3 is 2.42 bits per heavy atom. The molecule has 31 heavy (non-hydrogen) atoms. The van der Waals surface area contributed by atoms with Crippen LogP contribution in [0.15, 0.2) is 89.9 Å². The molecule has 0 saturated heterocycles. The number of fused-ring (bicyclic) bond motifs is 1. The molecule has 0 spiro atoms. The van der Waals surface area contributed by atoms with Gasteiger partial charge in [0.2, 0.25) is 12.1 Å². The van der Waals surface area contributed by atoms with Crippen molar-refractivity contribution in [3.8, 4) is 0 Å². The molecule has 0 bridgehead atoms. The summed E-state index contributed by atoms with van der Waals surface area (Å²) in [5, 5.41) is 2.75. The highest BCUT2D eigenvalue weighted by molar-refractivity contribution is 14.1. The van der Waals surface area contributed by atoms with Gasteiger partial charge in [0.25, 0.3) is 5.91 Å². The van der Waals surface area contributed by atoms with Crippen LogP contribution in [0.25, 0.3) is 6.08 Å². The van der Waals surface area contributed by atoms with Gasteiger partial charge in [-0.15, -0.1) is 0 Å². The number of anilines is 1. The van der Waals surface area contributed by atoms with E-state index in [2.05, 4.69) is 32.9 Å². The topological polar surface area (TPSA) is 61.8 Å². The van der Waals surface area contributed by atoms with Crippen molar-refractivity contribution in [2.45, 2.75) is 6.17 Å². The number of benzene rings is 3. The molecule has 1 N–H and O–H groups in total. The van der Waals surface area contributed by atoms with E-state index in [0.717, 1.165) is 25.9 Å². The lowest BCUT2D eigenvalue weighted by Crippen LogP contribution is -2.45. The number of halogens is 1. The maximum atomic E-state index is 13.1. The van der Waals surface area contributed by atoms with Gasteiger partial charge in [-0.05, 0) is 52.4 Å². The number of amides is 2. The summed E-state index contributed by atoms with van der Waals surface area (Å²) in [5.41, 5.74) is 4.05. The summed E-state index contributed by atoms with van der Waals surface area (Å²) in [6, 6.07) is 25.1. The molecule has 4 rings (SSSR count). The molecule has 5 nitrogen and oxygen atoms in total. The van der Waals surface area contributed by atoms with Gasteiger partial charge >= 0.3 is 0 Å². The molecule has 1 heterocycles. The number of likely N-dealkylation sites (N-methyl/N-ethyl adjacent to an activating group) is 1. The Bertz CT molecular complexity index is 1170. The highest BCUT2D eigenvalue weighted by Crippen LogP contribution is 2.27. The SMILES string of the molecule is CN1C(=O)[C@H](NC(=O)/C=C/c2ccc(I)cc2)N=C(c2ccccc2)c2ccccc21. The van der Waals surface area contributed by atoms with Crippen LogP contribution in [0.1, 0.15) is 16.7 Å². The first-order chi connectivity index (χ1) is 15.0. The van der Waals surface area contributed by atoms with E-state index >= 15 is 0 Å². The van der Waals surface area contributed by atoms with E-state index in [4.69, 9.17) is 0 Å². The van der Waals surface area contributed by atoms with E-state index in [1.54, 1.807) is 18.0 Å². The number of rotatable bonds is 4. The molecule has 2 amide bonds. The van der Waals surface area contributed by atoms with E-state index in [9.17, 15) is 9.59 Å².